The quantitative estimate of drug-likeness (QED) is 0.431. The van der Waals surface area contributed by atoms with Gasteiger partial charge in [0.15, 0.2) is 11.7 Å². The Bertz CT molecular complexity index is 1310. The third-order valence-corrected chi connectivity index (χ3v) is 5.79. The van der Waals surface area contributed by atoms with Crippen LogP contribution < -0.4 is 10.6 Å². The monoisotopic (exact) mass is 470 g/mol. The molecule has 0 spiro atoms. The first-order chi connectivity index (χ1) is 16.3. The molecule has 0 fully saturated rings. The molecule has 11 heteroatoms. The van der Waals surface area contributed by atoms with Gasteiger partial charge in [0.1, 0.15) is 11.6 Å². The summed E-state index contributed by atoms with van der Waals surface area (Å²) < 4.78 is 49.1. The van der Waals surface area contributed by atoms with Crippen LogP contribution in [-0.2, 0) is 6.54 Å². The molecule has 3 aromatic heterocycles. The fraction of sp³-hybridized carbons (Fsp3) is 0.261. The SMILES string of the molecule is Cc1ccccc1Cn1cc(NC(=O)c2cc3n(n2)[C@@H](C(F)(F)F)C[C@@H](c2ccco2)N3)cn1. The van der Waals surface area contributed by atoms with Crippen molar-refractivity contribution in [3.63, 3.8) is 0 Å². The highest BCUT2D eigenvalue weighted by Crippen LogP contribution is 2.43. The van der Waals surface area contributed by atoms with Gasteiger partial charge >= 0.3 is 6.18 Å². The fourth-order valence-electron chi connectivity index (χ4n) is 4.03. The molecule has 0 radical (unpaired) electrons. The van der Waals surface area contributed by atoms with Gasteiger partial charge < -0.3 is 15.1 Å². The Labute approximate surface area is 192 Å². The molecule has 2 N–H and O–H groups in total. The molecule has 0 saturated carbocycles. The first-order valence-electron chi connectivity index (χ1n) is 10.6. The number of carbonyl (C=O) groups is 1. The van der Waals surface area contributed by atoms with Gasteiger partial charge in [-0.1, -0.05) is 24.3 Å². The highest BCUT2D eigenvalue weighted by Gasteiger charge is 2.47. The zero-order chi connectivity index (χ0) is 23.9. The van der Waals surface area contributed by atoms with E-state index in [0.717, 1.165) is 15.8 Å². The summed E-state index contributed by atoms with van der Waals surface area (Å²) >= 11 is 0. The minimum Gasteiger partial charge on any atom is -0.467 e. The Morgan fingerprint density at radius 3 is 2.82 bits per heavy atom. The number of fused-ring (bicyclic) bond motifs is 1. The van der Waals surface area contributed by atoms with Gasteiger partial charge in [0, 0.05) is 18.7 Å². The number of hydrogen-bond acceptors (Lipinski definition) is 5. The van der Waals surface area contributed by atoms with Crippen LogP contribution >= 0.6 is 0 Å². The van der Waals surface area contributed by atoms with Crippen molar-refractivity contribution in [1.82, 2.24) is 19.6 Å². The first-order valence-corrected chi connectivity index (χ1v) is 10.6. The molecular weight excluding hydrogens is 449 g/mol. The number of benzene rings is 1. The number of nitrogens with zero attached hydrogens (tertiary/aromatic N) is 4. The summed E-state index contributed by atoms with van der Waals surface area (Å²) in [5.41, 5.74) is 2.48. The van der Waals surface area contributed by atoms with Gasteiger partial charge in [0.05, 0.1) is 30.7 Å². The molecule has 4 aromatic rings. The third kappa shape index (κ3) is 4.28. The van der Waals surface area contributed by atoms with E-state index in [4.69, 9.17) is 4.42 Å². The summed E-state index contributed by atoms with van der Waals surface area (Å²) in [4.78, 5) is 12.8. The van der Waals surface area contributed by atoms with Crippen molar-refractivity contribution in [2.24, 2.45) is 0 Å². The van der Waals surface area contributed by atoms with E-state index in [2.05, 4.69) is 20.8 Å². The number of aryl methyl sites for hydroxylation is 1. The summed E-state index contributed by atoms with van der Waals surface area (Å²) in [5, 5.41) is 13.9. The van der Waals surface area contributed by atoms with E-state index in [1.165, 1.54) is 18.5 Å². The lowest BCUT2D eigenvalue weighted by Crippen LogP contribution is -2.35. The Kier molecular flexibility index (Phi) is 5.39. The molecule has 2 atom stereocenters. The van der Waals surface area contributed by atoms with E-state index in [0.29, 0.717) is 18.0 Å². The minimum atomic E-state index is -4.54. The van der Waals surface area contributed by atoms with Crippen molar-refractivity contribution >= 4 is 17.4 Å². The number of nitrogens with one attached hydrogen (secondary N) is 2. The Balaban J connectivity index is 1.34. The molecule has 0 unspecified atom stereocenters. The second kappa shape index (κ2) is 8.40. The van der Waals surface area contributed by atoms with Gasteiger partial charge in [0.2, 0.25) is 0 Å². The lowest BCUT2D eigenvalue weighted by atomic mass is 10.0. The smallest absolute Gasteiger partial charge is 0.410 e. The maximum Gasteiger partial charge on any atom is 0.410 e. The molecule has 1 aliphatic heterocycles. The highest BCUT2D eigenvalue weighted by molar-refractivity contribution is 6.03. The second-order valence-corrected chi connectivity index (χ2v) is 8.17. The van der Waals surface area contributed by atoms with Gasteiger partial charge in [-0.2, -0.15) is 23.4 Å². The van der Waals surface area contributed by atoms with Crippen LogP contribution in [0.25, 0.3) is 0 Å². The maximum absolute atomic E-state index is 13.8. The average molecular weight is 470 g/mol. The molecule has 0 aliphatic carbocycles. The van der Waals surface area contributed by atoms with E-state index >= 15 is 0 Å². The molecule has 176 valence electrons. The number of amides is 1. The van der Waals surface area contributed by atoms with Crippen molar-refractivity contribution in [1.29, 1.82) is 0 Å². The van der Waals surface area contributed by atoms with Crippen molar-refractivity contribution in [2.75, 3.05) is 10.6 Å². The number of carbonyl (C=O) groups excluding carboxylic acids is 1. The van der Waals surface area contributed by atoms with Crippen molar-refractivity contribution < 1.29 is 22.4 Å². The van der Waals surface area contributed by atoms with Gasteiger partial charge in [-0.3, -0.25) is 9.48 Å². The molecule has 4 heterocycles. The van der Waals surface area contributed by atoms with Gasteiger partial charge in [0.25, 0.3) is 5.91 Å². The van der Waals surface area contributed by atoms with E-state index < -0.39 is 24.2 Å². The molecule has 0 bridgehead atoms. The van der Waals surface area contributed by atoms with Crippen LogP contribution in [0.5, 0.6) is 0 Å². The summed E-state index contributed by atoms with van der Waals surface area (Å²) in [6.07, 6.45) is -0.305. The Hall–Kier alpha value is -4.02. The number of alkyl halides is 3. The second-order valence-electron chi connectivity index (χ2n) is 8.17. The molecular formula is C23H21F3N6O2. The van der Waals surface area contributed by atoms with Gasteiger partial charge in [-0.25, -0.2) is 4.68 Å². The van der Waals surface area contributed by atoms with E-state index in [-0.39, 0.29) is 17.9 Å². The maximum atomic E-state index is 13.8. The molecule has 1 aliphatic rings. The fourth-order valence-corrected chi connectivity index (χ4v) is 4.03. The van der Waals surface area contributed by atoms with Crippen LogP contribution in [-0.4, -0.2) is 31.6 Å². The zero-order valence-corrected chi connectivity index (χ0v) is 18.1. The topological polar surface area (TPSA) is 89.9 Å². The first kappa shape index (κ1) is 21.8. The number of anilines is 2. The summed E-state index contributed by atoms with van der Waals surface area (Å²) in [6, 6.07) is 9.83. The van der Waals surface area contributed by atoms with Crippen molar-refractivity contribution in [2.45, 2.75) is 38.1 Å². The average Bonchev–Trinajstić information content (AvgIpc) is 3.54. The largest absolute Gasteiger partial charge is 0.467 e. The Morgan fingerprint density at radius 2 is 2.09 bits per heavy atom. The molecule has 34 heavy (non-hydrogen) atoms. The normalized spacial score (nSPS) is 17.8. The number of hydrogen-bond donors (Lipinski definition) is 2. The van der Waals surface area contributed by atoms with Crippen LogP contribution in [0.4, 0.5) is 24.7 Å². The minimum absolute atomic E-state index is 0.0929. The van der Waals surface area contributed by atoms with Crippen LogP contribution in [0.15, 0.2) is 65.5 Å². The van der Waals surface area contributed by atoms with Crippen LogP contribution in [0.3, 0.4) is 0 Å². The lowest BCUT2D eigenvalue weighted by Gasteiger charge is -2.32. The van der Waals surface area contributed by atoms with Crippen molar-refractivity contribution in [3.8, 4) is 0 Å². The summed E-state index contributed by atoms with van der Waals surface area (Å²) in [7, 11) is 0. The standard InChI is InChI=1S/C23H21F3N6O2/c1-14-5-2-3-6-15(14)12-31-13-16(11-27-31)28-22(33)18-10-21-29-17(19-7-4-8-34-19)9-20(23(24,25)26)32(21)30-18/h2-8,10-11,13,17,20,29H,9,12H2,1H3,(H,28,33)/t17-,20+/m0/s1. The van der Waals surface area contributed by atoms with E-state index in [1.54, 1.807) is 23.0 Å². The number of rotatable bonds is 5. The summed E-state index contributed by atoms with van der Waals surface area (Å²) in [6.45, 7) is 2.52. The summed E-state index contributed by atoms with van der Waals surface area (Å²) in [5.74, 6) is -0.154. The third-order valence-electron chi connectivity index (χ3n) is 5.79. The highest BCUT2D eigenvalue weighted by atomic mass is 19.4. The van der Waals surface area contributed by atoms with Crippen LogP contribution in [0, 0.1) is 6.92 Å². The van der Waals surface area contributed by atoms with E-state index in [9.17, 15) is 18.0 Å². The van der Waals surface area contributed by atoms with Crippen LogP contribution in [0.1, 0.15) is 45.9 Å². The van der Waals surface area contributed by atoms with Crippen LogP contribution in [0.2, 0.25) is 0 Å². The number of halogens is 3. The lowest BCUT2D eigenvalue weighted by molar-refractivity contribution is -0.174. The molecule has 8 nitrogen and oxygen atoms in total. The van der Waals surface area contributed by atoms with Crippen molar-refractivity contribution in [3.05, 3.63) is 83.7 Å². The molecule has 0 saturated heterocycles. The molecule has 1 aromatic carbocycles. The van der Waals surface area contributed by atoms with Gasteiger partial charge in [-0.15, -0.1) is 0 Å². The van der Waals surface area contributed by atoms with E-state index in [1.807, 2.05) is 31.2 Å². The predicted molar refractivity (Wildman–Crippen MR) is 117 cm³/mol. The Morgan fingerprint density at radius 1 is 1.26 bits per heavy atom. The molecule has 5 rings (SSSR count). The predicted octanol–water partition coefficient (Wildman–Crippen LogP) is 4.94. The number of furan rings is 1. The zero-order valence-electron chi connectivity index (χ0n) is 18.1. The molecule has 1 amide bonds. The number of aromatic nitrogens is 4. The van der Waals surface area contributed by atoms with Gasteiger partial charge in [-0.05, 0) is 30.2 Å².